The van der Waals surface area contributed by atoms with Gasteiger partial charge in [0.15, 0.2) is 0 Å². The van der Waals surface area contributed by atoms with E-state index in [0.29, 0.717) is 24.4 Å². The van der Waals surface area contributed by atoms with E-state index in [1.807, 2.05) is 0 Å². The summed E-state index contributed by atoms with van der Waals surface area (Å²) in [7, 11) is 0. The van der Waals surface area contributed by atoms with Crippen LogP contribution >= 0.6 is 0 Å². The highest BCUT2D eigenvalue weighted by molar-refractivity contribution is 5.18. The molecule has 2 heteroatoms. The van der Waals surface area contributed by atoms with Crippen LogP contribution in [0.25, 0.3) is 0 Å². The Morgan fingerprint density at radius 3 is 2.64 bits per heavy atom. The summed E-state index contributed by atoms with van der Waals surface area (Å²) in [5, 5.41) is 20.7. The Kier molecular flexibility index (Phi) is 4.23. The zero-order valence-electron chi connectivity index (χ0n) is 14.8. The summed E-state index contributed by atoms with van der Waals surface area (Å²) in [6, 6.07) is 0. The maximum atomic E-state index is 10.4. The molecule has 2 fully saturated rings. The zero-order chi connectivity index (χ0) is 16.1. The highest BCUT2D eigenvalue weighted by atomic mass is 16.3. The van der Waals surface area contributed by atoms with Crippen molar-refractivity contribution < 1.29 is 10.2 Å². The summed E-state index contributed by atoms with van der Waals surface area (Å²) in [5.41, 5.74) is 1.70. The van der Waals surface area contributed by atoms with Gasteiger partial charge in [0.25, 0.3) is 0 Å². The van der Waals surface area contributed by atoms with Gasteiger partial charge in [-0.05, 0) is 80.0 Å². The fourth-order valence-electron chi connectivity index (χ4n) is 6.24. The van der Waals surface area contributed by atoms with Crippen LogP contribution in [-0.2, 0) is 0 Å². The van der Waals surface area contributed by atoms with Crippen molar-refractivity contribution >= 4 is 0 Å². The van der Waals surface area contributed by atoms with Gasteiger partial charge >= 0.3 is 0 Å². The first-order valence-corrected chi connectivity index (χ1v) is 9.27. The molecule has 0 spiro atoms. The summed E-state index contributed by atoms with van der Waals surface area (Å²) in [5.74, 6) is 2.52. The van der Waals surface area contributed by atoms with Gasteiger partial charge in [-0.15, -0.1) is 0 Å². The maximum Gasteiger partial charge on any atom is 0.0582 e. The van der Waals surface area contributed by atoms with Crippen molar-refractivity contribution in [3.63, 3.8) is 0 Å². The first-order valence-electron chi connectivity index (χ1n) is 9.27. The number of hydrogen-bond donors (Lipinski definition) is 2. The first kappa shape index (κ1) is 16.5. The minimum atomic E-state index is -0.188. The van der Waals surface area contributed by atoms with E-state index in [-0.39, 0.29) is 16.9 Å². The predicted molar refractivity (Wildman–Crippen MR) is 90.4 cm³/mol. The second kappa shape index (κ2) is 5.63. The quantitative estimate of drug-likeness (QED) is 0.752. The molecule has 0 radical (unpaired) electrons. The average molecular weight is 306 g/mol. The lowest BCUT2D eigenvalue weighted by Gasteiger charge is -2.54. The highest BCUT2D eigenvalue weighted by Gasteiger charge is 2.59. The van der Waals surface area contributed by atoms with Gasteiger partial charge in [-0.2, -0.15) is 0 Å². The van der Waals surface area contributed by atoms with Crippen molar-refractivity contribution in [2.45, 2.75) is 72.3 Å². The number of hydrogen-bond acceptors (Lipinski definition) is 2. The Balaban J connectivity index is 2.04. The Morgan fingerprint density at radius 2 is 2.00 bits per heavy atom. The van der Waals surface area contributed by atoms with Crippen LogP contribution in [0.3, 0.4) is 0 Å². The maximum absolute atomic E-state index is 10.4. The third-order valence-corrected chi connectivity index (χ3v) is 7.42. The minimum absolute atomic E-state index is 0.144. The van der Waals surface area contributed by atoms with E-state index in [0.717, 1.165) is 31.6 Å². The summed E-state index contributed by atoms with van der Waals surface area (Å²) < 4.78 is 0. The Hall–Kier alpha value is -0.340. The third-order valence-electron chi connectivity index (χ3n) is 7.42. The summed E-state index contributed by atoms with van der Waals surface area (Å²) >= 11 is 0. The molecule has 0 saturated heterocycles. The van der Waals surface area contributed by atoms with Crippen LogP contribution in [0.15, 0.2) is 11.6 Å². The number of aliphatic hydroxyl groups excluding tert-OH is 2. The van der Waals surface area contributed by atoms with Crippen LogP contribution in [-0.4, -0.2) is 22.9 Å². The van der Waals surface area contributed by atoms with Crippen molar-refractivity contribution in [2.75, 3.05) is 6.61 Å². The summed E-state index contributed by atoms with van der Waals surface area (Å²) in [6.45, 7) is 9.64. The lowest BCUT2D eigenvalue weighted by atomic mass is 9.51. The molecule has 0 aliphatic heterocycles. The molecule has 0 aromatic carbocycles. The van der Waals surface area contributed by atoms with E-state index in [1.54, 1.807) is 0 Å². The van der Waals surface area contributed by atoms with Gasteiger partial charge in [0.05, 0.1) is 6.10 Å². The molecule has 126 valence electrons. The standard InChI is InChI=1S/C20H34O2/c1-13(2)16-5-6-20(12-21)8-7-19(4)11-15(22)9-14(3)10-17(19)18(16)20/h10,13,15-18,21-22H,5-9,11-12H2,1-4H3/t15-,16+,17+,18+,19-,20+/m0/s1. The Bertz CT molecular complexity index is 455. The fraction of sp³-hybridized carbons (Fsp3) is 0.900. The molecular weight excluding hydrogens is 272 g/mol. The summed E-state index contributed by atoms with van der Waals surface area (Å²) in [6.07, 6.45) is 8.82. The van der Waals surface area contributed by atoms with E-state index < -0.39 is 0 Å². The van der Waals surface area contributed by atoms with E-state index in [9.17, 15) is 10.2 Å². The zero-order valence-corrected chi connectivity index (χ0v) is 14.8. The van der Waals surface area contributed by atoms with Crippen LogP contribution in [0.5, 0.6) is 0 Å². The highest BCUT2D eigenvalue weighted by Crippen LogP contribution is 2.65. The molecule has 0 aromatic rings. The molecule has 3 rings (SSSR count). The van der Waals surface area contributed by atoms with Crippen molar-refractivity contribution in [1.82, 2.24) is 0 Å². The smallest absolute Gasteiger partial charge is 0.0582 e. The normalized spacial score (nSPS) is 48.6. The van der Waals surface area contributed by atoms with Gasteiger partial charge in [-0.25, -0.2) is 0 Å². The molecule has 0 amide bonds. The Morgan fingerprint density at radius 1 is 1.27 bits per heavy atom. The number of rotatable bonds is 2. The van der Waals surface area contributed by atoms with Crippen LogP contribution < -0.4 is 0 Å². The van der Waals surface area contributed by atoms with E-state index in [2.05, 4.69) is 33.8 Å². The van der Waals surface area contributed by atoms with Crippen molar-refractivity contribution in [2.24, 2.45) is 34.5 Å². The average Bonchev–Trinajstić information content (AvgIpc) is 2.77. The molecule has 3 aliphatic carbocycles. The number of allylic oxidation sites excluding steroid dienone is 1. The van der Waals surface area contributed by atoms with E-state index >= 15 is 0 Å². The number of fused-ring (bicyclic) bond motifs is 3. The molecule has 0 unspecified atom stereocenters. The van der Waals surface area contributed by atoms with Crippen LogP contribution in [0.2, 0.25) is 0 Å². The molecular formula is C20H34O2. The lowest BCUT2D eigenvalue weighted by molar-refractivity contribution is -0.0709. The van der Waals surface area contributed by atoms with Gasteiger partial charge in [-0.3, -0.25) is 0 Å². The monoisotopic (exact) mass is 306 g/mol. The van der Waals surface area contributed by atoms with Crippen LogP contribution in [0, 0.1) is 34.5 Å². The first-order chi connectivity index (χ1) is 10.3. The second-order valence-electron chi connectivity index (χ2n) is 9.25. The second-order valence-corrected chi connectivity index (χ2v) is 9.25. The fourth-order valence-corrected chi connectivity index (χ4v) is 6.24. The predicted octanol–water partition coefficient (Wildman–Crippen LogP) is 4.16. The van der Waals surface area contributed by atoms with Crippen molar-refractivity contribution in [3.8, 4) is 0 Å². The van der Waals surface area contributed by atoms with Gasteiger partial charge in [0.1, 0.15) is 0 Å². The molecule has 0 aromatic heterocycles. The molecule has 6 atom stereocenters. The molecule has 2 nitrogen and oxygen atoms in total. The minimum Gasteiger partial charge on any atom is -0.396 e. The third kappa shape index (κ3) is 2.47. The van der Waals surface area contributed by atoms with Gasteiger partial charge in [0.2, 0.25) is 0 Å². The lowest BCUT2D eigenvalue weighted by Crippen LogP contribution is -2.49. The van der Waals surface area contributed by atoms with E-state index in [4.69, 9.17) is 0 Å². The van der Waals surface area contributed by atoms with Crippen LogP contribution in [0.4, 0.5) is 0 Å². The topological polar surface area (TPSA) is 40.5 Å². The van der Waals surface area contributed by atoms with Gasteiger partial charge in [-0.1, -0.05) is 32.4 Å². The molecule has 22 heavy (non-hydrogen) atoms. The number of aliphatic hydroxyl groups is 2. The van der Waals surface area contributed by atoms with Crippen LogP contribution in [0.1, 0.15) is 66.2 Å². The molecule has 3 aliphatic rings. The van der Waals surface area contributed by atoms with Gasteiger partial charge in [0, 0.05) is 6.61 Å². The Labute approximate surface area is 136 Å². The summed E-state index contributed by atoms with van der Waals surface area (Å²) in [4.78, 5) is 0. The SMILES string of the molecule is CC1=C[C@@H]2[C@H]3[C@@H](C(C)C)CC[C@]3(CO)CC[C@@]2(C)C[C@@H](O)C1. The molecule has 0 heterocycles. The van der Waals surface area contributed by atoms with Crippen molar-refractivity contribution in [3.05, 3.63) is 11.6 Å². The van der Waals surface area contributed by atoms with Gasteiger partial charge < -0.3 is 10.2 Å². The molecule has 0 bridgehead atoms. The molecule has 2 N–H and O–H groups in total. The largest absolute Gasteiger partial charge is 0.396 e. The van der Waals surface area contributed by atoms with E-state index in [1.165, 1.54) is 18.4 Å². The molecule has 2 saturated carbocycles. The van der Waals surface area contributed by atoms with Crippen molar-refractivity contribution in [1.29, 1.82) is 0 Å².